The van der Waals surface area contributed by atoms with Crippen LogP contribution in [0.25, 0.3) is 11.2 Å². The molecular formula is C18H21N7O3. The Bertz CT molecular complexity index is 971. The maximum Gasteiger partial charge on any atom is 0.231 e. The van der Waals surface area contributed by atoms with Gasteiger partial charge in [-0.05, 0) is 12.1 Å². The molecule has 4 heterocycles. The zero-order valence-corrected chi connectivity index (χ0v) is 15.3. The molecule has 2 aliphatic rings. The van der Waals surface area contributed by atoms with Gasteiger partial charge in [0.15, 0.2) is 23.0 Å². The van der Waals surface area contributed by atoms with Crippen molar-refractivity contribution in [3.05, 3.63) is 24.5 Å². The van der Waals surface area contributed by atoms with Gasteiger partial charge in [0, 0.05) is 37.9 Å². The molecule has 3 N–H and O–H groups in total. The van der Waals surface area contributed by atoms with Gasteiger partial charge >= 0.3 is 0 Å². The number of benzene rings is 1. The summed E-state index contributed by atoms with van der Waals surface area (Å²) in [6.07, 6.45) is 1.61. The maximum absolute atomic E-state index is 5.44. The fraction of sp³-hybridized carbons (Fsp3) is 0.389. The van der Waals surface area contributed by atoms with E-state index in [0.717, 1.165) is 56.3 Å². The van der Waals surface area contributed by atoms with Gasteiger partial charge in [0.2, 0.25) is 12.7 Å². The molecule has 0 atom stereocenters. The van der Waals surface area contributed by atoms with Gasteiger partial charge in [-0.25, -0.2) is 4.98 Å². The SMILES string of the molecule is c1nc2nc(NCCN3CCOCC3)nc(Nc3ccc4c(c3)OCO4)c2[nH]1. The Kier molecular flexibility index (Phi) is 4.55. The number of aromatic nitrogens is 4. The second kappa shape index (κ2) is 7.49. The molecule has 0 aliphatic carbocycles. The first-order chi connectivity index (χ1) is 13.8. The number of fused-ring (bicyclic) bond motifs is 2. The summed E-state index contributed by atoms with van der Waals surface area (Å²) in [5.74, 6) is 2.64. The van der Waals surface area contributed by atoms with Gasteiger partial charge in [-0.3, -0.25) is 4.90 Å². The lowest BCUT2D eigenvalue weighted by Gasteiger charge is -2.26. The zero-order chi connectivity index (χ0) is 18.8. The average Bonchev–Trinajstić information content (AvgIpc) is 3.37. The molecule has 0 unspecified atom stereocenters. The van der Waals surface area contributed by atoms with Crippen molar-refractivity contribution >= 4 is 28.6 Å². The van der Waals surface area contributed by atoms with Crippen LogP contribution < -0.4 is 20.1 Å². The quantitative estimate of drug-likeness (QED) is 0.584. The van der Waals surface area contributed by atoms with Crippen molar-refractivity contribution in [2.45, 2.75) is 0 Å². The van der Waals surface area contributed by atoms with Gasteiger partial charge in [0.1, 0.15) is 5.52 Å². The van der Waals surface area contributed by atoms with Crippen LogP contribution in [0.3, 0.4) is 0 Å². The van der Waals surface area contributed by atoms with Gasteiger partial charge < -0.3 is 29.8 Å². The molecule has 1 aromatic carbocycles. The van der Waals surface area contributed by atoms with Crippen molar-refractivity contribution in [2.75, 3.05) is 56.8 Å². The maximum atomic E-state index is 5.44. The number of nitrogens with zero attached hydrogens (tertiary/aromatic N) is 4. The first kappa shape index (κ1) is 17.0. The van der Waals surface area contributed by atoms with Crippen molar-refractivity contribution < 1.29 is 14.2 Å². The van der Waals surface area contributed by atoms with Crippen molar-refractivity contribution in [1.82, 2.24) is 24.8 Å². The van der Waals surface area contributed by atoms with Crippen LogP contribution in [0.4, 0.5) is 17.5 Å². The minimum absolute atomic E-state index is 0.244. The minimum atomic E-state index is 0.244. The molecule has 0 spiro atoms. The number of morpholine rings is 1. The number of ether oxygens (including phenoxy) is 3. The molecule has 3 aromatic rings. The summed E-state index contributed by atoms with van der Waals surface area (Å²) < 4.78 is 16.2. The van der Waals surface area contributed by atoms with E-state index < -0.39 is 0 Å². The van der Waals surface area contributed by atoms with E-state index >= 15 is 0 Å². The van der Waals surface area contributed by atoms with E-state index in [1.807, 2.05) is 18.2 Å². The van der Waals surface area contributed by atoms with Crippen LogP contribution in [-0.4, -0.2) is 71.0 Å². The Morgan fingerprint density at radius 1 is 1.11 bits per heavy atom. The van der Waals surface area contributed by atoms with Crippen LogP contribution >= 0.6 is 0 Å². The third-order valence-electron chi connectivity index (χ3n) is 4.74. The topological polar surface area (TPSA) is 109 Å². The fourth-order valence-corrected chi connectivity index (χ4v) is 3.26. The van der Waals surface area contributed by atoms with E-state index in [0.29, 0.717) is 23.2 Å². The summed E-state index contributed by atoms with van der Waals surface area (Å²) in [6.45, 7) is 5.40. The second-order valence-electron chi connectivity index (χ2n) is 6.57. The zero-order valence-electron chi connectivity index (χ0n) is 15.3. The van der Waals surface area contributed by atoms with Gasteiger partial charge in [0.05, 0.1) is 19.5 Å². The smallest absolute Gasteiger partial charge is 0.231 e. The Labute approximate surface area is 161 Å². The summed E-state index contributed by atoms with van der Waals surface area (Å²) in [4.78, 5) is 18.8. The van der Waals surface area contributed by atoms with Crippen molar-refractivity contribution in [1.29, 1.82) is 0 Å². The predicted octanol–water partition coefficient (Wildman–Crippen LogP) is 1.57. The molecule has 1 saturated heterocycles. The summed E-state index contributed by atoms with van der Waals surface area (Å²) in [6, 6.07) is 5.68. The number of H-pyrrole nitrogens is 1. The standard InChI is InChI=1S/C18H21N7O3/c1-2-13-14(28-11-27-13)9-12(1)22-17-15-16(21-10-20-15)23-18(24-17)19-3-4-25-5-7-26-8-6-25/h1-2,9-10H,3-8,11H2,(H3,19,20,21,22,23,24). The number of nitrogens with one attached hydrogen (secondary N) is 3. The molecule has 0 bridgehead atoms. The van der Waals surface area contributed by atoms with Crippen molar-refractivity contribution in [2.24, 2.45) is 0 Å². The molecule has 0 radical (unpaired) electrons. The molecule has 28 heavy (non-hydrogen) atoms. The Balaban J connectivity index is 1.32. The monoisotopic (exact) mass is 383 g/mol. The number of hydrogen-bond donors (Lipinski definition) is 3. The van der Waals surface area contributed by atoms with Crippen molar-refractivity contribution in [3.63, 3.8) is 0 Å². The molecule has 0 saturated carbocycles. The van der Waals surface area contributed by atoms with E-state index in [1.165, 1.54) is 0 Å². The average molecular weight is 383 g/mol. The summed E-state index contributed by atoms with van der Waals surface area (Å²) in [7, 11) is 0. The Morgan fingerprint density at radius 3 is 2.93 bits per heavy atom. The fourth-order valence-electron chi connectivity index (χ4n) is 3.26. The highest BCUT2D eigenvalue weighted by Crippen LogP contribution is 2.35. The molecule has 10 heteroatoms. The highest BCUT2D eigenvalue weighted by Gasteiger charge is 2.16. The Morgan fingerprint density at radius 2 is 2.00 bits per heavy atom. The molecule has 5 rings (SSSR count). The lowest BCUT2D eigenvalue weighted by Crippen LogP contribution is -2.39. The van der Waals surface area contributed by atoms with Crippen LogP contribution in [0, 0.1) is 0 Å². The van der Waals surface area contributed by atoms with Crippen LogP contribution in [0.1, 0.15) is 0 Å². The Hall–Kier alpha value is -3.11. The third kappa shape index (κ3) is 3.51. The number of hydrogen-bond acceptors (Lipinski definition) is 9. The first-order valence-corrected chi connectivity index (χ1v) is 9.27. The van der Waals surface area contributed by atoms with Gasteiger partial charge in [-0.2, -0.15) is 9.97 Å². The number of aromatic amines is 1. The minimum Gasteiger partial charge on any atom is -0.454 e. The summed E-state index contributed by atoms with van der Waals surface area (Å²) in [5.41, 5.74) is 2.20. The molecule has 0 amide bonds. The first-order valence-electron chi connectivity index (χ1n) is 9.27. The third-order valence-corrected chi connectivity index (χ3v) is 4.74. The molecule has 2 aliphatic heterocycles. The molecule has 146 valence electrons. The van der Waals surface area contributed by atoms with E-state index in [-0.39, 0.29) is 6.79 Å². The number of rotatable bonds is 6. The van der Waals surface area contributed by atoms with Gasteiger partial charge in [-0.1, -0.05) is 0 Å². The lowest BCUT2D eigenvalue weighted by molar-refractivity contribution is 0.0398. The highest BCUT2D eigenvalue weighted by molar-refractivity contribution is 5.86. The normalized spacial score (nSPS) is 16.4. The second-order valence-corrected chi connectivity index (χ2v) is 6.57. The summed E-state index contributed by atoms with van der Waals surface area (Å²) >= 11 is 0. The van der Waals surface area contributed by atoms with Gasteiger partial charge in [-0.15, -0.1) is 0 Å². The molecule has 2 aromatic heterocycles. The van der Waals surface area contributed by atoms with Crippen LogP contribution in [-0.2, 0) is 4.74 Å². The van der Waals surface area contributed by atoms with Crippen LogP contribution in [0.15, 0.2) is 24.5 Å². The van der Waals surface area contributed by atoms with Crippen LogP contribution in [0.2, 0.25) is 0 Å². The molecule has 10 nitrogen and oxygen atoms in total. The van der Waals surface area contributed by atoms with E-state index in [2.05, 4.69) is 35.5 Å². The van der Waals surface area contributed by atoms with Gasteiger partial charge in [0.25, 0.3) is 0 Å². The van der Waals surface area contributed by atoms with Crippen LogP contribution in [0.5, 0.6) is 11.5 Å². The predicted molar refractivity (Wildman–Crippen MR) is 103 cm³/mol. The summed E-state index contributed by atoms with van der Waals surface area (Å²) in [5, 5.41) is 6.62. The highest BCUT2D eigenvalue weighted by atomic mass is 16.7. The number of imidazole rings is 1. The van der Waals surface area contributed by atoms with Crippen molar-refractivity contribution in [3.8, 4) is 11.5 Å². The largest absolute Gasteiger partial charge is 0.454 e. The number of anilines is 3. The van der Waals surface area contributed by atoms with E-state index in [9.17, 15) is 0 Å². The van der Waals surface area contributed by atoms with E-state index in [4.69, 9.17) is 14.2 Å². The molecular weight excluding hydrogens is 362 g/mol. The lowest BCUT2D eigenvalue weighted by atomic mass is 10.2. The molecule has 1 fully saturated rings. The van der Waals surface area contributed by atoms with E-state index in [1.54, 1.807) is 6.33 Å².